The van der Waals surface area contributed by atoms with Crippen LogP contribution >= 0.6 is 0 Å². The van der Waals surface area contributed by atoms with Gasteiger partial charge in [-0.3, -0.25) is 0 Å². The lowest BCUT2D eigenvalue weighted by molar-refractivity contribution is 0.620. The molecule has 0 atom stereocenters. The van der Waals surface area contributed by atoms with Gasteiger partial charge in [0, 0.05) is 0 Å². The highest BCUT2D eigenvalue weighted by Gasteiger charge is 2.10. The van der Waals surface area contributed by atoms with Crippen molar-refractivity contribution in [1.82, 2.24) is 0 Å². The van der Waals surface area contributed by atoms with Crippen LogP contribution in [0.1, 0.15) is 36.5 Å². The van der Waals surface area contributed by atoms with Crippen molar-refractivity contribution in [2.45, 2.75) is 26.7 Å². The molecular weight excluding hydrogens is 165 g/mol. The van der Waals surface area contributed by atoms with Crippen molar-refractivity contribution in [3.63, 3.8) is 0 Å². The van der Waals surface area contributed by atoms with E-state index in [4.69, 9.17) is 5.26 Å². The van der Waals surface area contributed by atoms with Crippen molar-refractivity contribution in [3.05, 3.63) is 34.6 Å². The van der Waals surface area contributed by atoms with E-state index < -0.39 is 5.82 Å². The van der Waals surface area contributed by atoms with Crippen molar-refractivity contribution in [2.75, 3.05) is 0 Å². The molecule has 1 aromatic carbocycles. The quantitative estimate of drug-likeness (QED) is 0.646. The van der Waals surface area contributed by atoms with Crippen LogP contribution in [0.2, 0.25) is 0 Å². The second kappa shape index (κ2) is 3.57. The smallest absolute Gasteiger partial charge is 0.141 e. The summed E-state index contributed by atoms with van der Waals surface area (Å²) in [6, 6.07) is 4.99. The second-order valence-corrected chi connectivity index (χ2v) is 3.40. The first-order valence-electron chi connectivity index (χ1n) is 4.27. The van der Waals surface area contributed by atoms with Crippen LogP contribution in [-0.2, 0) is 0 Å². The second-order valence-electron chi connectivity index (χ2n) is 3.40. The average molecular weight is 177 g/mol. The van der Waals surface area contributed by atoms with Crippen LogP contribution in [0.5, 0.6) is 0 Å². The van der Waals surface area contributed by atoms with Crippen LogP contribution in [0, 0.1) is 24.1 Å². The molecule has 1 rings (SSSR count). The number of nitriles is 1. The van der Waals surface area contributed by atoms with Gasteiger partial charge in [0.05, 0.1) is 5.56 Å². The molecule has 0 saturated heterocycles. The highest BCUT2D eigenvalue weighted by atomic mass is 19.1. The first-order valence-corrected chi connectivity index (χ1v) is 4.27. The van der Waals surface area contributed by atoms with Gasteiger partial charge in [-0.2, -0.15) is 5.26 Å². The zero-order valence-corrected chi connectivity index (χ0v) is 8.06. The van der Waals surface area contributed by atoms with E-state index in [9.17, 15) is 4.39 Å². The molecule has 1 nitrogen and oxygen atoms in total. The lowest BCUT2D eigenvalue weighted by Gasteiger charge is -2.10. The number of hydrogen-bond donors (Lipinski definition) is 0. The maximum atomic E-state index is 13.1. The van der Waals surface area contributed by atoms with Gasteiger partial charge in [0.25, 0.3) is 0 Å². The third-order valence-electron chi connectivity index (χ3n) is 2.19. The maximum absolute atomic E-state index is 13.1. The molecule has 0 heterocycles. The molecule has 1 aromatic rings. The van der Waals surface area contributed by atoms with Gasteiger partial charge in [-0.25, -0.2) is 4.39 Å². The van der Waals surface area contributed by atoms with Gasteiger partial charge >= 0.3 is 0 Å². The highest BCUT2D eigenvalue weighted by molar-refractivity contribution is 5.44. The van der Waals surface area contributed by atoms with Crippen molar-refractivity contribution in [1.29, 1.82) is 5.26 Å². The molecule has 0 aliphatic heterocycles. The fourth-order valence-electron chi connectivity index (χ4n) is 1.46. The summed E-state index contributed by atoms with van der Waals surface area (Å²) in [5.74, 6) is -0.0999. The van der Waals surface area contributed by atoms with Crippen molar-refractivity contribution in [3.8, 4) is 6.07 Å². The lowest BCUT2D eigenvalue weighted by atomic mass is 9.94. The maximum Gasteiger partial charge on any atom is 0.141 e. The zero-order valence-electron chi connectivity index (χ0n) is 8.06. The predicted molar refractivity (Wildman–Crippen MR) is 49.9 cm³/mol. The van der Waals surface area contributed by atoms with E-state index in [2.05, 4.69) is 0 Å². The van der Waals surface area contributed by atoms with Crippen LogP contribution in [0.25, 0.3) is 0 Å². The molecule has 68 valence electrons. The highest BCUT2D eigenvalue weighted by Crippen LogP contribution is 2.23. The van der Waals surface area contributed by atoms with Crippen LogP contribution in [0.3, 0.4) is 0 Å². The van der Waals surface area contributed by atoms with E-state index in [-0.39, 0.29) is 5.56 Å². The lowest BCUT2D eigenvalue weighted by Crippen LogP contribution is -1.97. The van der Waals surface area contributed by atoms with Gasteiger partial charge in [-0.15, -0.1) is 0 Å². The molecule has 0 fully saturated rings. The van der Waals surface area contributed by atoms with Crippen LogP contribution < -0.4 is 0 Å². The first kappa shape index (κ1) is 9.73. The van der Waals surface area contributed by atoms with Crippen molar-refractivity contribution in [2.24, 2.45) is 0 Å². The molecule has 0 amide bonds. The number of nitrogens with zero attached hydrogens (tertiary/aromatic N) is 1. The number of halogens is 1. The van der Waals surface area contributed by atoms with Gasteiger partial charge in [0.15, 0.2) is 0 Å². The van der Waals surface area contributed by atoms with E-state index >= 15 is 0 Å². The number of rotatable bonds is 1. The van der Waals surface area contributed by atoms with Crippen molar-refractivity contribution >= 4 is 0 Å². The molecule has 2 heteroatoms. The minimum Gasteiger partial charge on any atom is -0.206 e. The summed E-state index contributed by atoms with van der Waals surface area (Å²) in [6.07, 6.45) is 0. The van der Waals surface area contributed by atoms with Gasteiger partial charge in [-0.05, 0) is 30.0 Å². The summed E-state index contributed by atoms with van der Waals surface area (Å²) in [5.41, 5.74) is 1.97. The summed E-state index contributed by atoms with van der Waals surface area (Å²) >= 11 is 0. The summed E-state index contributed by atoms with van der Waals surface area (Å²) in [4.78, 5) is 0. The average Bonchev–Trinajstić information content (AvgIpc) is 2.04. The van der Waals surface area contributed by atoms with Gasteiger partial charge in [0.1, 0.15) is 11.9 Å². The monoisotopic (exact) mass is 177 g/mol. The minimum atomic E-state index is -0.426. The molecule has 0 aromatic heterocycles. The summed E-state index contributed by atoms with van der Waals surface area (Å²) < 4.78 is 13.1. The van der Waals surface area contributed by atoms with Crippen LogP contribution in [-0.4, -0.2) is 0 Å². The fraction of sp³-hybridized carbons (Fsp3) is 0.364. The Hall–Kier alpha value is -1.36. The largest absolute Gasteiger partial charge is 0.206 e. The molecule has 13 heavy (non-hydrogen) atoms. The van der Waals surface area contributed by atoms with E-state index in [1.165, 1.54) is 6.07 Å². The topological polar surface area (TPSA) is 23.8 Å². The zero-order chi connectivity index (χ0) is 10.0. The Bertz CT molecular complexity index is 361. The molecular formula is C11H12FN. The van der Waals surface area contributed by atoms with Crippen molar-refractivity contribution < 1.29 is 4.39 Å². The summed E-state index contributed by atoms with van der Waals surface area (Å²) in [5, 5.41) is 8.72. The molecule has 0 unspecified atom stereocenters. The number of benzene rings is 1. The van der Waals surface area contributed by atoms with Gasteiger partial charge in [0.2, 0.25) is 0 Å². The molecule has 0 aliphatic carbocycles. The Balaban J connectivity index is 3.38. The third kappa shape index (κ3) is 1.70. The summed E-state index contributed by atoms with van der Waals surface area (Å²) in [7, 11) is 0. The predicted octanol–water partition coefficient (Wildman–Crippen LogP) is 3.13. The standard InChI is InChI=1S/C11H12FN/c1-7(2)9-4-5-11(12)10(6-13)8(9)3/h4-5,7H,1-3H3. The van der Waals surface area contributed by atoms with Crippen LogP contribution in [0.15, 0.2) is 12.1 Å². The first-order chi connectivity index (χ1) is 6.07. The minimum absolute atomic E-state index is 0.172. The molecule has 0 aliphatic rings. The fourth-order valence-corrected chi connectivity index (χ4v) is 1.46. The molecule has 0 N–H and O–H groups in total. The molecule has 0 radical (unpaired) electrons. The Morgan fingerprint density at radius 2 is 2.00 bits per heavy atom. The normalized spacial score (nSPS) is 10.2. The Kier molecular flexibility index (Phi) is 2.67. The van der Waals surface area contributed by atoms with E-state index in [1.807, 2.05) is 19.9 Å². The SMILES string of the molecule is Cc1c(C(C)C)ccc(F)c1C#N. The van der Waals surface area contributed by atoms with E-state index in [0.29, 0.717) is 5.92 Å². The molecule has 0 spiro atoms. The summed E-state index contributed by atoms with van der Waals surface area (Å²) in [6.45, 7) is 5.85. The van der Waals surface area contributed by atoms with Gasteiger partial charge < -0.3 is 0 Å². The molecule has 0 saturated carbocycles. The Morgan fingerprint density at radius 1 is 1.38 bits per heavy atom. The van der Waals surface area contributed by atoms with E-state index in [1.54, 1.807) is 13.0 Å². The Labute approximate surface area is 77.8 Å². The van der Waals surface area contributed by atoms with Gasteiger partial charge in [-0.1, -0.05) is 19.9 Å². The molecule has 0 bridgehead atoms. The third-order valence-corrected chi connectivity index (χ3v) is 2.19. The van der Waals surface area contributed by atoms with E-state index in [0.717, 1.165) is 11.1 Å². The Morgan fingerprint density at radius 3 is 2.46 bits per heavy atom. The van der Waals surface area contributed by atoms with Crippen LogP contribution in [0.4, 0.5) is 4.39 Å². The number of hydrogen-bond acceptors (Lipinski definition) is 1.